The van der Waals surface area contributed by atoms with E-state index in [0.717, 1.165) is 0 Å². The van der Waals surface area contributed by atoms with Gasteiger partial charge in [-0.25, -0.2) is 9.59 Å². The van der Waals surface area contributed by atoms with Crippen LogP contribution in [0.3, 0.4) is 0 Å². The van der Waals surface area contributed by atoms with Gasteiger partial charge in [0, 0.05) is 25.4 Å². The van der Waals surface area contributed by atoms with E-state index in [-0.39, 0.29) is 24.4 Å². The number of anilines is 1. The van der Waals surface area contributed by atoms with Crippen molar-refractivity contribution in [1.82, 2.24) is 15.1 Å². The monoisotopic (exact) mass is 288 g/mol. The Balaban J connectivity index is 2.17. The van der Waals surface area contributed by atoms with E-state index in [1.807, 2.05) is 0 Å². The zero-order valence-electron chi connectivity index (χ0n) is 11.2. The zero-order valence-corrected chi connectivity index (χ0v) is 11.2. The third-order valence-corrected chi connectivity index (χ3v) is 3.39. The minimum atomic E-state index is -1.06. The second-order valence-electron chi connectivity index (χ2n) is 4.71. The number of aryl methyl sites for hydroxylation is 1. The third-order valence-electron chi connectivity index (χ3n) is 3.39. The van der Waals surface area contributed by atoms with E-state index in [1.54, 1.807) is 19.2 Å². The van der Waals surface area contributed by atoms with Crippen LogP contribution in [0.4, 0.5) is 10.6 Å². The van der Waals surface area contributed by atoms with Crippen molar-refractivity contribution >= 4 is 34.6 Å². The van der Waals surface area contributed by atoms with Gasteiger partial charge in [-0.15, -0.1) is 0 Å². The second kappa shape index (κ2) is 4.58. The molecule has 1 aliphatic rings. The van der Waals surface area contributed by atoms with Crippen LogP contribution in [0.15, 0.2) is 18.2 Å². The number of hydrogen-bond donors (Lipinski definition) is 2. The molecular formula is C13H12N4O4. The number of rotatable bonds is 2. The van der Waals surface area contributed by atoms with Crippen LogP contribution in [-0.2, 0) is 11.8 Å². The molecule has 3 amide bonds. The van der Waals surface area contributed by atoms with Crippen molar-refractivity contribution in [2.24, 2.45) is 7.05 Å². The lowest BCUT2D eigenvalue weighted by Gasteiger charge is -2.24. The Morgan fingerprint density at radius 3 is 2.81 bits per heavy atom. The second-order valence-corrected chi connectivity index (χ2v) is 4.71. The summed E-state index contributed by atoms with van der Waals surface area (Å²) in [5, 5.41) is 16.3. The maximum Gasteiger partial charge on any atom is 0.337 e. The van der Waals surface area contributed by atoms with Crippen molar-refractivity contribution < 1.29 is 19.5 Å². The fourth-order valence-corrected chi connectivity index (χ4v) is 2.46. The first-order chi connectivity index (χ1) is 9.99. The van der Waals surface area contributed by atoms with Crippen molar-refractivity contribution in [2.45, 2.75) is 6.42 Å². The molecule has 0 radical (unpaired) electrons. The number of nitrogens with zero attached hydrogens (tertiary/aromatic N) is 3. The zero-order chi connectivity index (χ0) is 15.1. The largest absolute Gasteiger partial charge is 0.478 e. The summed E-state index contributed by atoms with van der Waals surface area (Å²) in [6.45, 7) is 0.216. The highest BCUT2D eigenvalue weighted by Gasteiger charge is 2.28. The van der Waals surface area contributed by atoms with Gasteiger partial charge in [-0.2, -0.15) is 5.10 Å². The lowest BCUT2D eigenvalue weighted by atomic mass is 10.1. The summed E-state index contributed by atoms with van der Waals surface area (Å²) in [7, 11) is 1.62. The van der Waals surface area contributed by atoms with Crippen molar-refractivity contribution in [3.63, 3.8) is 0 Å². The quantitative estimate of drug-likeness (QED) is 0.847. The Hall–Kier alpha value is -2.90. The molecule has 2 heterocycles. The number of aromatic carboxylic acids is 1. The van der Waals surface area contributed by atoms with Gasteiger partial charge in [-0.3, -0.25) is 19.7 Å². The van der Waals surface area contributed by atoms with Gasteiger partial charge in [0.2, 0.25) is 5.91 Å². The Kier molecular flexibility index (Phi) is 2.86. The summed E-state index contributed by atoms with van der Waals surface area (Å²) in [6.07, 6.45) is 0.183. The highest BCUT2D eigenvalue weighted by molar-refractivity contribution is 6.11. The molecule has 1 fully saturated rings. The molecule has 0 atom stereocenters. The number of aromatic nitrogens is 2. The maximum absolute atomic E-state index is 11.9. The van der Waals surface area contributed by atoms with Crippen LogP contribution in [0, 0.1) is 0 Å². The summed E-state index contributed by atoms with van der Waals surface area (Å²) in [4.78, 5) is 35.7. The fraction of sp³-hybridized carbons (Fsp3) is 0.231. The van der Waals surface area contributed by atoms with E-state index < -0.39 is 12.0 Å². The molecule has 2 N–H and O–H groups in total. The number of carboxylic acid groups (broad SMARTS) is 1. The highest BCUT2D eigenvalue weighted by Crippen LogP contribution is 2.29. The molecule has 0 saturated carbocycles. The van der Waals surface area contributed by atoms with E-state index >= 15 is 0 Å². The summed E-state index contributed by atoms with van der Waals surface area (Å²) in [6, 6.07) is 4.24. The van der Waals surface area contributed by atoms with E-state index in [1.165, 1.54) is 15.6 Å². The van der Waals surface area contributed by atoms with Crippen LogP contribution in [0.5, 0.6) is 0 Å². The van der Waals surface area contributed by atoms with Crippen LogP contribution in [0.2, 0.25) is 0 Å². The topological polar surface area (TPSA) is 105 Å². The highest BCUT2D eigenvalue weighted by atomic mass is 16.4. The fourth-order valence-electron chi connectivity index (χ4n) is 2.46. The number of nitrogens with one attached hydrogen (secondary N) is 1. The van der Waals surface area contributed by atoms with E-state index in [2.05, 4.69) is 10.4 Å². The summed E-state index contributed by atoms with van der Waals surface area (Å²) >= 11 is 0. The van der Waals surface area contributed by atoms with E-state index in [0.29, 0.717) is 16.7 Å². The number of imide groups is 1. The summed E-state index contributed by atoms with van der Waals surface area (Å²) < 4.78 is 1.43. The number of amides is 3. The molecule has 0 aliphatic carbocycles. The van der Waals surface area contributed by atoms with Gasteiger partial charge in [0.25, 0.3) is 0 Å². The van der Waals surface area contributed by atoms with Gasteiger partial charge in [-0.05, 0) is 12.1 Å². The van der Waals surface area contributed by atoms with Crippen LogP contribution in [0.25, 0.3) is 10.9 Å². The van der Waals surface area contributed by atoms with Crippen LogP contribution < -0.4 is 10.2 Å². The lowest BCUT2D eigenvalue weighted by molar-refractivity contribution is -0.120. The average molecular weight is 288 g/mol. The number of benzene rings is 1. The number of carbonyl (C=O) groups excluding carboxylic acids is 2. The molecule has 0 unspecified atom stereocenters. The minimum Gasteiger partial charge on any atom is -0.478 e. The van der Waals surface area contributed by atoms with E-state index in [4.69, 9.17) is 0 Å². The molecule has 1 aromatic heterocycles. The average Bonchev–Trinajstić information content (AvgIpc) is 2.76. The Labute approximate surface area is 118 Å². The minimum absolute atomic E-state index is 0.113. The van der Waals surface area contributed by atoms with E-state index in [9.17, 15) is 19.5 Å². The van der Waals surface area contributed by atoms with Gasteiger partial charge < -0.3 is 5.11 Å². The molecule has 21 heavy (non-hydrogen) atoms. The molecule has 1 aliphatic heterocycles. The van der Waals surface area contributed by atoms with Gasteiger partial charge in [0.1, 0.15) is 0 Å². The van der Waals surface area contributed by atoms with Crippen molar-refractivity contribution in [2.75, 3.05) is 11.4 Å². The molecule has 3 rings (SSSR count). The Morgan fingerprint density at radius 2 is 2.14 bits per heavy atom. The molecule has 1 aromatic carbocycles. The molecular weight excluding hydrogens is 276 g/mol. The van der Waals surface area contributed by atoms with Gasteiger partial charge in [-0.1, -0.05) is 6.07 Å². The number of fused-ring (bicyclic) bond motifs is 1. The standard InChI is InChI=1S/C13H12N4O4/c1-16-10-7(3-2-4-8(10)12(19)20)11(15-16)17-6-5-9(18)14-13(17)21/h2-4H,5-6H2,1H3,(H,19,20)(H,14,18,21). The molecule has 8 nitrogen and oxygen atoms in total. The van der Waals surface area contributed by atoms with Crippen molar-refractivity contribution in [3.8, 4) is 0 Å². The smallest absolute Gasteiger partial charge is 0.337 e. The normalized spacial score (nSPS) is 15.4. The third kappa shape index (κ3) is 2.00. The first kappa shape index (κ1) is 13.1. The number of carboxylic acids is 1. The van der Waals surface area contributed by atoms with Crippen LogP contribution in [-0.4, -0.2) is 39.3 Å². The predicted octanol–water partition coefficient (Wildman–Crippen LogP) is 0.718. The SMILES string of the molecule is Cn1nc(N2CCC(=O)NC2=O)c2cccc(C(=O)O)c21. The van der Waals surface area contributed by atoms with Crippen LogP contribution in [0.1, 0.15) is 16.8 Å². The number of urea groups is 1. The summed E-state index contributed by atoms with van der Waals surface area (Å²) in [5.41, 5.74) is 0.548. The van der Waals surface area contributed by atoms with Crippen LogP contribution >= 0.6 is 0 Å². The maximum atomic E-state index is 11.9. The number of para-hydroxylation sites is 1. The number of carbonyl (C=O) groups is 3. The molecule has 0 spiro atoms. The molecule has 108 valence electrons. The first-order valence-electron chi connectivity index (χ1n) is 6.29. The Morgan fingerprint density at radius 1 is 1.38 bits per heavy atom. The van der Waals surface area contributed by atoms with Gasteiger partial charge in [0.05, 0.1) is 11.1 Å². The summed E-state index contributed by atoms with van der Waals surface area (Å²) in [5.74, 6) is -1.04. The lowest BCUT2D eigenvalue weighted by Crippen LogP contribution is -2.49. The predicted molar refractivity (Wildman–Crippen MR) is 73.2 cm³/mol. The van der Waals surface area contributed by atoms with Gasteiger partial charge in [0.15, 0.2) is 5.82 Å². The van der Waals surface area contributed by atoms with Crippen molar-refractivity contribution in [1.29, 1.82) is 0 Å². The first-order valence-corrected chi connectivity index (χ1v) is 6.29. The van der Waals surface area contributed by atoms with Gasteiger partial charge >= 0.3 is 12.0 Å². The number of hydrogen-bond acceptors (Lipinski definition) is 4. The molecule has 2 aromatic rings. The van der Waals surface area contributed by atoms with Crippen molar-refractivity contribution in [3.05, 3.63) is 23.8 Å². The molecule has 1 saturated heterocycles. The molecule has 8 heteroatoms. The molecule has 0 bridgehead atoms. The Bertz CT molecular complexity index is 780.